The van der Waals surface area contributed by atoms with E-state index < -0.39 is 5.97 Å². The lowest BCUT2D eigenvalue weighted by atomic mass is 10.5. The van der Waals surface area contributed by atoms with Gasteiger partial charge in [0, 0.05) is 0 Å². The Kier molecular flexibility index (Phi) is 19.9. The molecule has 12 heavy (non-hydrogen) atoms. The van der Waals surface area contributed by atoms with Crippen molar-refractivity contribution in [2.45, 2.75) is 0 Å². The molecule has 0 aliphatic rings. The van der Waals surface area contributed by atoms with Crippen LogP contribution in [0.1, 0.15) is 0 Å². The maximum atomic E-state index is 10.00. The second-order valence-electron chi connectivity index (χ2n) is 2.84. The Balaban J connectivity index is -0.0000000740. The van der Waals surface area contributed by atoms with Crippen LogP contribution < -0.4 is 24.1 Å². The molecule has 0 unspecified atom stereocenters. The molecule has 0 fully saturated rings. The van der Waals surface area contributed by atoms with Gasteiger partial charge in [-0.2, -0.15) is 0 Å². The molecule has 0 heterocycles. The number of aliphatic carboxylic acids is 1. The smallest absolute Gasteiger partial charge is 0.359 e. The zero-order chi connectivity index (χ0) is 8.78. The first-order valence-corrected chi connectivity index (χ1v) is 2.77. The highest BCUT2D eigenvalue weighted by Crippen LogP contribution is 1.86. The van der Waals surface area contributed by atoms with Gasteiger partial charge in [-0.15, -0.1) is 0 Å². The molecule has 0 aliphatic carbocycles. The first-order valence-electron chi connectivity index (χ1n) is 2.77. The van der Waals surface area contributed by atoms with Crippen LogP contribution in [-0.4, -0.2) is 48.7 Å². The Morgan fingerprint density at radius 3 is 1.58 bits per heavy atom. The summed E-state index contributed by atoms with van der Waals surface area (Å²) in [5.41, 5.74) is 0. The van der Waals surface area contributed by atoms with E-state index in [1.54, 1.807) is 0 Å². The molecule has 0 aromatic heterocycles. The van der Waals surface area contributed by atoms with Gasteiger partial charge in [-0.05, 0) is 0 Å². The van der Waals surface area contributed by atoms with E-state index in [0.29, 0.717) is 4.48 Å². The van der Waals surface area contributed by atoms with Crippen molar-refractivity contribution in [3.8, 4) is 0 Å². The van der Waals surface area contributed by atoms with Gasteiger partial charge in [-0.3, -0.25) is 11.7 Å². The van der Waals surface area contributed by atoms with Crippen LogP contribution >= 0.6 is 0 Å². The molecular weight excluding hydrogens is 186 g/mol. The van der Waals surface area contributed by atoms with E-state index in [9.17, 15) is 4.79 Å². The van der Waals surface area contributed by atoms with E-state index in [1.807, 2.05) is 21.1 Å². The highest BCUT2D eigenvalue weighted by Gasteiger charge is 2.11. The lowest BCUT2D eigenvalue weighted by molar-refractivity contribution is -0.862. The molecule has 7 heteroatoms. The molecule has 0 saturated heterocycles. The number of carbonyl (C=O) groups is 1. The van der Waals surface area contributed by atoms with Crippen LogP contribution in [0.2, 0.25) is 0 Å². The molecule has 0 bridgehead atoms. The fourth-order valence-electron chi connectivity index (χ4n) is 0.406. The maximum absolute atomic E-state index is 10.00. The number of halogens is 1. The molecule has 0 rings (SSSR count). The van der Waals surface area contributed by atoms with Gasteiger partial charge < -0.3 is 27.5 Å². The summed E-state index contributed by atoms with van der Waals surface area (Å²) in [6.45, 7) is 0.181. The summed E-state index contributed by atoms with van der Waals surface area (Å²) in [6.07, 6.45) is 0. The van der Waals surface area contributed by atoms with E-state index >= 15 is 0 Å². The van der Waals surface area contributed by atoms with Gasteiger partial charge in [0.2, 0.25) is 0 Å². The van der Waals surface area contributed by atoms with Crippen molar-refractivity contribution in [3.05, 3.63) is 0 Å². The fraction of sp³-hybridized carbons (Fsp3) is 0.800. The third-order valence-electron chi connectivity index (χ3n) is 0.610. The molecule has 7 N–H and O–H groups in total. The Labute approximate surface area is 78.4 Å². The maximum Gasteiger partial charge on any atom is 0.359 e. The van der Waals surface area contributed by atoms with Crippen LogP contribution in [0.5, 0.6) is 0 Å². The van der Waals surface area contributed by atoms with Gasteiger partial charge in [0.05, 0.1) is 21.1 Å². The van der Waals surface area contributed by atoms with Gasteiger partial charge in [0.1, 0.15) is 0 Å². The van der Waals surface area contributed by atoms with Crippen molar-refractivity contribution in [2.75, 3.05) is 27.7 Å². The van der Waals surface area contributed by atoms with Crippen molar-refractivity contribution >= 4 is 5.97 Å². The molecule has 6 nitrogen and oxygen atoms in total. The first kappa shape index (κ1) is 22.6. The Morgan fingerprint density at radius 2 is 1.58 bits per heavy atom. The van der Waals surface area contributed by atoms with Crippen molar-refractivity contribution in [1.29, 1.82) is 0 Å². The number of nitrogens with two attached hydrogens (primary N) is 2. The number of rotatable bonds is 2. The number of hydrazine groups is 1. The van der Waals surface area contributed by atoms with Crippen LogP contribution in [0.4, 0.5) is 0 Å². The van der Waals surface area contributed by atoms with E-state index in [0.717, 1.165) is 0 Å². The highest BCUT2D eigenvalue weighted by atomic mass is 35.5. The summed E-state index contributed by atoms with van der Waals surface area (Å²) < 4.78 is 0.481. The van der Waals surface area contributed by atoms with Crippen molar-refractivity contribution in [3.63, 3.8) is 0 Å². The number of carboxylic acids is 1. The largest absolute Gasteiger partial charge is 1.00 e. The topological polar surface area (TPSA) is 121 Å². The van der Waals surface area contributed by atoms with Gasteiger partial charge in [-0.1, -0.05) is 0 Å². The normalized spacial score (nSPS) is 8.08. The highest BCUT2D eigenvalue weighted by molar-refractivity contribution is 5.67. The van der Waals surface area contributed by atoms with Crippen LogP contribution in [0.3, 0.4) is 0 Å². The average molecular weight is 204 g/mol. The zero-order valence-corrected chi connectivity index (χ0v) is 8.30. The quantitative estimate of drug-likeness (QED) is 0.236. The predicted octanol–water partition coefficient (Wildman–Crippen LogP) is -5.22. The number of likely N-dealkylation sites (N-methyl/N-ethyl adjacent to an activating group) is 1. The SMILES string of the molecule is C[N+](C)(C)CC(=O)O.NN.O.[Cl-]. The van der Waals surface area contributed by atoms with Crippen LogP contribution in [-0.2, 0) is 4.79 Å². The van der Waals surface area contributed by atoms with Gasteiger partial charge in [0.25, 0.3) is 0 Å². The number of carboxylic acid groups (broad SMARTS) is 1. The Morgan fingerprint density at radius 1 is 1.33 bits per heavy atom. The monoisotopic (exact) mass is 203 g/mol. The fourth-order valence-corrected chi connectivity index (χ4v) is 0.406. The molecule has 0 aliphatic heterocycles. The minimum absolute atomic E-state index is 0. The average Bonchev–Trinajstić information content (AvgIpc) is 1.64. The summed E-state index contributed by atoms with van der Waals surface area (Å²) in [7, 11) is 5.52. The molecule has 0 aromatic rings. The summed E-state index contributed by atoms with van der Waals surface area (Å²) in [5, 5.41) is 8.23. The third kappa shape index (κ3) is 33.6. The summed E-state index contributed by atoms with van der Waals surface area (Å²) in [4.78, 5) is 10.00. The second-order valence-corrected chi connectivity index (χ2v) is 2.84. The minimum atomic E-state index is -0.752. The second kappa shape index (κ2) is 10.6. The Hall–Kier alpha value is -0.400. The molecule has 0 saturated carbocycles. The molecule has 0 spiro atoms. The molecule has 0 amide bonds. The van der Waals surface area contributed by atoms with E-state index in [1.165, 1.54) is 0 Å². The van der Waals surface area contributed by atoms with Gasteiger partial charge in [-0.25, -0.2) is 4.79 Å². The number of quaternary nitrogens is 1. The molecule has 0 atom stereocenters. The Bertz CT molecular complexity index is 105. The molecule has 0 radical (unpaired) electrons. The standard InChI is InChI=1S/C5H11NO2.ClH.H4N2.H2O/c1-6(2,3)4-5(7)8;;1-2;/h4H2,1-3H3;1H;1-2H2;1H2. The zero-order valence-electron chi connectivity index (χ0n) is 7.54. The molecule has 78 valence electrons. The minimum Gasteiger partial charge on any atom is -1.00 e. The summed E-state index contributed by atoms with van der Waals surface area (Å²) >= 11 is 0. The lowest BCUT2D eigenvalue weighted by Crippen LogP contribution is -3.00. The third-order valence-corrected chi connectivity index (χ3v) is 0.610. The van der Waals surface area contributed by atoms with E-state index in [-0.39, 0.29) is 24.4 Å². The predicted molar refractivity (Wildman–Crippen MR) is 42.5 cm³/mol. The number of hydrogen-bond acceptors (Lipinski definition) is 3. The summed E-state index contributed by atoms with van der Waals surface area (Å²) in [6, 6.07) is 0. The van der Waals surface area contributed by atoms with Crippen LogP contribution in [0.25, 0.3) is 0 Å². The summed E-state index contributed by atoms with van der Waals surface area (Å²) in [5.74, 6) is 7.25. The molecule has 0 aromatic carbocycles. The lowest BCUT2D eigenvalue weighted by Gasteiger charge is -2.20. The van der Waals surface area contributed by atoms with Gasteiger partial charge in [0.15, 0.2) is 6.54 Å². The van der Waals surface area contributed by atoms with Crippen molar-refractivity contribution < 1.29 is 32.3 Å². The van der Waals surface area contributed by atoms with Gasteiger partial charge >= 0.3 is 5.97 Å². The van der Waals surface area contributed by atoms with Crippen molar-refractivity contribution in [2.24, 2.45) is 11.7 Å². The van der Waals surface area contributed by atoms with Crippen LogP contribution in [0, 0.1) is 0 Å². The first-order chi connectivity index (χ1) is 4.42. The van der Waals surface area contributed by atoms with E-state index in [2.05, 4.69) is 11.7 Å². The molecular formula is C5H18ClN3O3. The van der Waals surface area contributed by atoms with Crippen molar-refractivity contribution in [1.82, 2.24) is 0 Å². The van der Waals surface area contributed by atoms with Crippen LogP contribution in [0.15, 0.2) is 0 Å². The number of nitrogens with zero attached hydrogens (tertiary/aromatic N) is 1. The van der Waals surface area contributed by atoms with E-state index in [4.69, 9.17) is 5.11 Å². The number of hydrogen-bond donors (Lipinski definition) is 3.